The van der Waals surface area contributed by atoms with Crippen LogP contribution in [0.15, 0.2) is 53.9 Å². The first-order chi connectivity index (χ1) is 13.0. The molecule has 1 amide bonds. The Kier molecular flexibility index (Phi) is 5.94. The van der Waals surface area contributed by atoms with Crippen LogP contribution in [0.2, 0.25) is 5.02 Å². The molecule has 0 bridgehead atoms. The maximum absolute atomic E-state index is 12.5. The zero-order chi connectivity index (χ0) is 19.4. The van der Waals surface area contributed by atoms with Crippen molar-refractivity contribution in [3.05, 3.63) is 75.6 Å². The zero-order valence-electron chi connectivity index (χ0n) is 14.9. The van der Waals surface area contributed by atoms with Crippen molar-refractivity contribution >= 4 is 39.8 Å². The van der Waals surface area contributed by atoms with Gasteiger partial charge in [-0.1, -0.05) is 48.9 Å². The summed E-state index contributed by atoms with van der Waals surface area (Å²) in [4.78, 5) is 24.9. The molecule has 6 heteroatoms. The van der Waals surface area contributed by atoms with E-state index in [1.165, 1.54) is 24.0 Å². The van der Waals surface area contributed by atoms with Crippen LogP contribution in [0.1, 0.15) is 33.2 Å². The summed E-state index contributed by atoms with van der Waals surface area (Å²) in [6.07, 6.45) is 0.939. The molecule has 0 radical (unpaired) electrons. The molecule has 27 heavy (non-hydrogen) atoms. The summed E-state index contributed by atoms with van der Waals surface area (Å²) in [6.45, 7) is 2.09. The van der Waals surface area contributed by atoms with Crippen molar-refractivity contribution in [2.45, 2.75) is 13.3 Å². The Morgan fingerprint density at radius 2 is 1.89 bits per heavy atom. The molecule has 0 atom stereocenters. The molecular weight excluding hydrogens is 382 g/mol. The second-order valence-corrected chi connectivity index (χ2v) is 7.18. The van der Waals surface area contributed by atoms with E-state index in [9.17, 15) is 9.59 Å². The summed E-state index contributed by atoms with van der Waals surface area (Å²) in [5, 5.41) is 5.57. The molecule has 2 aromatic carbocycles. The minimum absolute atomic E-state index is 0.336. The standard InChI is InChI=1S/C21H18ClNO3S/c1-3-13-7-9-14(10-8-13)17-12-27-20(18(17)21(25)26-2)23-19(24)15-5-4-6-16(22)11-15/h4-12H,3H2,1-2H3,(H,23,24). The van der Waals surface area contributed by atoms with Crippen LogP contribution in [-0.2, 0) is 11.2 Å². The second kappa shape index (κ2) is 8.37. The van der Waals surface area contributed by atoms with Crippen molar-refractivity contribution < 1.29 is 14.3 Å². The van der Waals surface area contributed by atoms with Gasteiger partial charge in [0.25, 0.3) is 5.91 Å². The van der Waals surface area contributed by atoms with E-state index in [-0.39, 0.29) is 5.91 Å². The number of rotatable bonds is 5. The highest BCUT2D eigenvalue weighted by molar-refractivity contribution is 7.15. The molecule has 0 aliphatic rings. The van der Waals surface area contributed by atoms with Gasteiger partial charge < -0.3 is 10.1 Å². The monoisotopic (exact) mass is 399 g/mol. The fourth-order valence-electron chi connectivity index (χ4n) is 2.69. The van der Waals surface area contributed by atoms with E-state index in [0.29, 0.717) is 21.2 Å². The van der Waals surface area contributed by atoms with Crippen LogP contribution >= 0.6 is 22.9 Å². The molecule has 0 unspecified atom stereocenters. The van der Waals surface area contributed by atoms with Crippen molar-refractivity contribution in [1.29, 1.82) is 0 Å². The Hall–Kier alpha value is -2.63. The lowest BCUT2D eigenvalue weighted by Gasteiger charge is -2.08. The lowest BCUT2D eigenvalue weighted by molar-refractivity contribution is 0.0603. The van der Waals surface area contributed by atoms with Gasteiger partial charge in [-0.15, -0.1) is 11.3 Å². The SMILES string of the molecule is CCc1ccc(-c2csc(NC(=O)c3cccc(Cl)c3)c2C(=O)OC)cc1. The average Bonchev–Trinajstić information content (AvgIpc) is 3.10. The maximum atomic E-state index is 12.5. The van der Waals surface area contributed by atoms with E-state index in [1.807, 2.05) is 29.6 Å². The second-order valence-electron chi connectivity index (χ2n) is 5.86. The van der Waals surface area contributed by atoms with Gasteiger partial charge in [-0.25, -0.2) is 4.79 Å². The van der Waals surface area contributed by atoms with Crippen molar-refractivity contribution in [2.24, 2.45) is 0 Å². The van der Waals surface area contributed by atoms with Gasteiger partial charge >= 0.3 is 5.97 Å². The minimum Gasteiger partial charge on any atom is -0.465 e. The summed E-state index contributed by atoms with van der Waals surface area (Å²) in [5.41, 5.74) is 3.61. The number of esters is 1. The fraction of sp³-hybridized carbons (Fsp3) is 0.143. The lowest BCUT2D eigenvalue weighted by Crippen LogP contribution is -2.14. The quantitative estimate of drug-likeness (QED) is 0.562. The fourth-order valence-corrected chi connectivity index (χ4v) is 3.83. The predicted octanol–water partition coefficient (Wildman–Crippen LogP) is 5.67. The summed E-state index contributed by atoms with van der Waals surface area (Å²) in [6, 6.07) is 14.6. The summed E-state index contributed by atoms with van der Waals surface area (Å²) < 4.78 is 4.94. The molecule has 1 aromatic heterocycles. The molecule has 4 nitrogen and oxygen atoms in total. The van der Waals surface area contributed by atoms with E-state index in [4.69, 9.17) is 16.3 Å². The average molecular weight is 400 g/mol. The summed E-state index contributed by atoms with van der Waals surface area (Å²) in [5.74, 6) is -0.829. The summed E-state index contributed by atoms with van der Waals surface area (Å²) >= 11 is 7.24. The number of nitrogens with one attached hydrogen (secondary N) is 1. The molecule has 0 spiro atoms. The van der Waals surface area contributed by atoms with Gasteiger partial charge in [0.05, 0.1) is 7.11 Å². The van der Waals surface area contributed by atoms with Gasteiger partial charge in [0, 0.05) is 21.5 Å². The molecule has 3 rings (SSSR count). The van der Waals surface area contributed by atoms with E-state index in [2.05, 4.69) is 12.2 Å². The first kappa shape index (κ1) is 19.1. The number of thiophene rings is 1. The highest BCUT2D eigenvalue weighted by Crippen LogP contribution is 2.36. The number of ether oxygens (including phenoxy) is 1. The van der Waals surface area contributed by atoms with Crippen molar-refractivity contribution in [3.8, 4) is 11.1 Å². The number of benzene rings is 2. The van der Waals surface area contributed by atoms with Crippen LogP contribution in [0.25, 0.3) is 11.1 Å². The molecule has 0 aliphatic carbocycles. The van der Waals surface area contributed by atoms with E-state index < -0.39 is 5.97 Å². The van der Waals surface area contributed by atoms with Gasteiger partial charge in [0.1, 0.15) is 10.6 Å². The number of amides is 1. The number of anilines is 1. The highest BCUT2D eigenvalue weighted by Gasteiger charge is 2.22. The van der Waals surface area contributed by atoms with Crippen LogP contribution in [0.5, 0.6) is 0 Å². The third-order valence-corrected chi connectivity index (χ3v) is 5.30. The van der Waals surface area contributed by atoms with Gasteiger partial charge in [0.2, 0.25) is 0 Å². The van der Waals surface area contributed by atoms with Crippen LogP contribution in [0.3, 0.4) is 0 Å². The van der Waals surface area contributed by atoms with Crippen LogP contribution < -0.4 is 5.32 Å². The third kappa shape index (κ3) is 4.21. The molecule has 0 fully saturated rings. The van der Waals surface area contributed by atoms with Crippen LogP contribution in [-0.4, -0.2) is 19.0 Å². The molecule has 3 aromatic rings. The molecule has 0 saturated carbocycles. The zero-order valence-corrected chi connectivity index (χ0v) is 16.5. The Morgan fingerprint density at radius 3 is 2.52 bits per heavy atom. The number of carbonyl (C=O) groups is 2. The van der Waals surface area contributed by atoms with Gasteiger partial charge in [-0.3, -0.25) is 4.79 Å². The Bertz CT molecular complexity index is 979. The van der Waals surface area contributed by atoms with E-state index >= 15 is 0 Å². The normalized spacial score (nSPS) is 10.5. The van der Waals surface area contributed by atoms with E-state index in [1.54, 1.807) is 24.3 Å². The van der Waals surface area contributed by atoms with Crippen LogP contribution in [0.4, 0.5) is 5.00 Å². The van der Waals surface area contributed by atoms with Crippen molar-refractivity contribution in [3.63, 3.8) is 0 Å². The minimum atomic E-state index is -0.493. The largest absolute Gasteiger partial charge is 0.465 e. The molecule has 0 saturated heterocycles. The van der Waals surface area contributed by atoms with Gasteiger partial charge in [-0.05, 0) is 35.7 Å². The number of halogens is 1. The molecular formula is C21H18ClNO3S. The smallest absolute Gasteiger partial charge is 0.341 e. The van der Waals surface area contributed by atoms with E-state index in [0.717, 1.165) is 17.5 Å². The number of carbonyl (C=O) groups excluding carboxylic acids is 2. The first-order valence-corrected chi connectivity index (χ1v) is 9.65. The molecule has 1 heterocycles. The van der Waals surface area contributed by atoms with Gasteiger partial charge in [0.15, 0.2) is 0 Å². The Morgan fingerprint density at radius 1 is 1.15 bits per heavy atom. The molecule has 1 N–H and O–H groups in total. The maximum Gasteiger partial charge on any atom is 0.341 e. The number of hydrogen-bond acceptors (Lipinski definition) is 4. The topological polar surface area (TPSA) is 55.4 Å². The van der Waals surface area contributed by atoms with Gasteiger partial charge in [-0.2, -0.15) is 0 Å². The highest BCUT2D eigenvalue weighted by atomic mass is 35.5. The van der Waals surface area contributed by atoms with Crippen LogP contribution in [0, 0.1) is 0 Å². The first-order valence-electron chi connectivity index (χ1n) is 8.39. The number of methoxy groups -OCH3 is 1. The van der Waals surface area contributed by atoms with Crippen molar-refractivity contribution in [1.82, 2.24) is 0 Å². The number of aryl methyl sites for hydroxylation is 1. The van der Waals surface area contributed by atoms with Crippen molar-refractivity contribution in [2.75, 3.05) is 12.4 Å². The number of hydrogen-bond donors (Lipinski definition) is 1. The third-order valence-electron chi connectivity index (χ3n) is 4.17. The molecule has 138 valence electrons. The Balaban J connectivity index is 1.97. The Labute approximate surface area is 166 Å². The molecule has 0 aliphatic heterocycles. The summed E-state index contributed by atoms with van der Waals surface area (Å²) in [7, 11) is 1.33. The lowest BCUT2D eigenvalue weighted by atomic mass is 10.0. The predicted molar refractivity (Wildman–Crippen MR) is 110 cm³/mol.